The molecule has 1 N–H and O–H groups in total. The monoisotopic (exact) mass is 338 g/mol. The maximum atomic E-state index is 12.4. The second-order valence-corrected chi connectivity index (χ2v) is 6.12. The first-order valence-corrected chi connectivity index (χ1v) is 8.48. The van der Waals surface area contributed by atoms with Gasteiger partial charge in [0.25, 0.3) is 5.91 Å². The van der Waals surface area contributed by atoms with Crippen LogP contribution in [-0.4, -0.2) is 31.0 Å². The fourth-order valence-electron chi connectivity index (χ4n) is 3.03. The Hall–Kier alpha value is -2.82. The number of benzene rings is 2. The second kappa shape index (κ2) is 7.38. The molecule has 3 rings (SSSR count). The average Bonchev–Trinajstić information content (AvgIpc) is 2.96. The minimum atomic E-state index is -0.189. The van der Waals surface area contributed by atoms with Gasteiger partial charge in [-0.15, -0.1) is 0 Å². The highest BCUT2D eigenvalue weighted by Gasteiger charge is 2.31. The molecular formula is C20H22N2O3. The van der Waals surface area contributed by atoms with Crippen LogP contribution in [0.15, 0.2) is 48.5 Å². The van der Waals surface area contributed by atoms with E-state index in [1.807, 2.05) is 56.3 Å². The number of hydrogen-bond acceptors (Lipinski definition) is 3. The van der Waals surface area contributed by atoms with E-state index in [1.165, 1.54) is 0 Å². The van der Waals surface area contributed by atoms with Crippen LogP contribution in [0.3, 0.4) is 0 Å². The van der Waals surface area contributed by atoms with E-state index in [0.717, 1.165) is 17.0 Å². The van der Waals surface area contributed by atoms with Crippen LogP contribution in [0.4, 0.5) is 5.69 Å². The van der Waals surface area contributed by atoms with Gasteiger partial charge in [0.15, 0.2) is 0 Å². The largest absolute Gasteiger partial charge is 0.494 e. The normalized spacial score (nSPS) is 16.8. The quantitative estimate of drug-likeness (QED) is 0.912. The van der Waals surface area contributed by atoms with Gasteiger partial charge in [-0.1, -0.05) is 18.2 Å². The molecule has 1 saturated heterocycles. The topological polar surface area (TPSA) is 58.6 Å². The van der Waals surface area contributed by atoms with E-state index in [1.54, 1.807) is 11.0 Å². The van der Waals surface area contributed by atoms with Crippen LogP contribution in [0.25, 0.3) is 0 Å². The van der Waals surface area contributed by atoms with Gasteiger partial charge in [-0.2, -0.15) is 0 Å². The molecule has 1 atom stereocenters. The molecule has 2 amide bonds. The van der Waals surface area contributed by atoms with E-state index in [2.05, 4.69) is 5.32 Å². The lowest BCUT2D eigenvalue weighted by Gasteiger charge is -2.18. The molecule has 0 aliphatic carbocycles. The maximum absolute atomic E-state index is 12.4. The maximum Gasteiger partial charge on any atom is 0.251 e. The van der Waals surface area contributed by atoms with E-state index < -0.39 is 0 Å². The Balaban J connectivity index is 1.66. The highest BCUT2D eigenvalue weighted by molar-refractivity contribution is 5.99. The second-order valence-electron chi connectivity index (χ2n) is 6.12. The zero-order chi connectivity index (χ0) is 17.8. The van der Waals surface area contributed by atoms with Gasteiger partial charge >= 0.3 is 0 Å². The summed E-state index contributed by atoms with van der Waals surface area (Å²) in [6.07, 6.45) is 0.310. The van der Waals surface area contributed by atoms with E-state index in [-0.39, 0.29) is 17.9 Å². The number of anilines is 1. The lowest BCUT2D eigenvalue weighted by Crippen LogP contribution is -2.37. The first kappa shape index (κ1) is 17.0. The SMILES string of the molecule is CCOc1ccc(N2C[C@H](NC(=O)c3ccccc3C)CC2=O)cc1. The van der Waals surface area contributed by atoms with Gasteiger partial charge in [0.2, 0.25) is 5.91 Å². The number of nitrogens with zero attached hydrogens (tertiary/aromatic N) is 1. The summed E-state index contributed by atoms with van der Waals surface area (Å²) < 4.78 is 5.42. The van der Waals surface area contributed by atoms with E-state index in [4.69, 9.17) is 4.74 Å². The predicted octanol–water partition coefficient (Wildman–Crippen LogP) is 2.93. The van der Waals surface area contributed by atoms with Gasteiger partial charge in [-0.05, 0) is 49.7 Å². The van der Waals surface area contributed by atoms with Crippen molar-refractivity contribution in [1.82, 2.24) is 5.32 Å². The Labute approximate surface area is 147 Å². The van der Waals surface area contributed by atoms with Crippen molar-refractivity contribution in [2.24, 2.45) is 0 Å². The number of aryl methyl sites for hydroxylation is 1. The number of nitrogens with one attached hydrogen (secondary N) is 1. The lowest BCUT2D eigenvalue weighted by atomic mass is 10.1. The molecule has 25 heavy (non-hydrogen) atoms. The molecule has 1 fully saturated rings. The highest BCUT2D eigenvalue weighted by Crippen LogP contribution is 2.24. The molecule has 1 aliphatic heterocycles. The van der Waals surface area contributed by atoms with Crippen LogP contribution in [0.1, 0.15) is 29.3 Å². The van der Waals surface area contributed by atoms with Crippen LogP contribution < -0.4 is 15.0 Å². The lowest BCUT2D eigenvalue weighted by molar-refractivity contribution is -0.117. The van der Waals surface area contributed by atoms with Crippen molar-refractivity contribution in [1.29, 1.82) is 0 Å². The Morgan fingerprint density at radius 3 is 2.60 bits per heavy atom. The summed E-state index contributed by atoms with van der Waals surface area (Å²) in [5.74, 6) is 0.658. The van der Waals surface area contributed by atoms with Crippen molar-refractivity contribution in [3.63, 3.8) is 0 Å². The summed E-state index contributed by atoms with van der Waals surface area (Å²) in [5.41, 5.74) is 2.39. The van der Waals surface area contributed by atoms with Crippen molar-refractivity contribution in [3.05, 3.63) is 59.7 Å². The molecule has 0 aromatic heterocycles. The molecule has 5 nitrogen and oxygen atoms in total. The molecule has 130 valence electrons. The van der Waals surface area contributed by atoms with Crippen molar-refractivity contribution < 1.29 is 14.3 Å². The molecule has 1 heterocycles. The number of carbonyl (C=O) groups is 2. The summed E-state index contributed by atoms with van der Waals surface area (Å²) in [5, 5.41) is 2.97. The molecule has 0 spiro atoms. The Morgan fingerprint density at radius 1 is 1.20 bits per heavy atom. The van der Waals surface area contributed by atoms with Crippen LogP contribution in [0.2, 0.25) is 0 Å². The summed E-state index contributed by atoms with van der Waals surface area (Å²) in [6.45, 7) is 4.92. The summed E-state index contributed by atoms with van der Waals surface area (Å²) in [7, 11) is 0. The predicted molar refractivity (Wildman–Crippen MR) is 97.0 cm³/mol. The number of carbonyl (C=O) groups excluding carboxylic acids is 2. The zero-order valence-electron chi connectivity index (χ0n) is 14.5. The van der Waals surface area contributed by atoms with Gasteiger partial charge in [-0.25, -0.2) is 0 Å². The average molecular weight is 338 g/mol. The molecule has 0 unspecified atom stereocenters. The highest BCUT2D eigenvalue weighted by atomic mass is 16.5. The number of ether oxygens (including phenoxy) is 1. The van der Waals surface area contributed by atoms with Crippen molar-refractivity contribution in [2.75, 3.05) is 18.1 Å². The van der Waals surface area contributed by atoms with Crippen LogP contribution in [0.5, 0.6) is 5.75 Å². The Morgan fingerprint density at radius 2 is 1.92 bits per heavy atom. The van der Waals surface area contributed by atoms with Crippen molar-refractivity contribution in [3.8, 4) is 5.75 Å². The molecule has 0 saturated carbocycles. The standard InChI is InChI=1S/C20H22N2O3/c1-3-25-17-10-8-16(9-11-17)22-13-15(12-19(22)23)21-20(24)18-7-5-4-6-14(18)2/h4-11,15H,3,12-13H2,1-2H3,(H,21,24)/t15-/m1/s1. The number of hydrogen-bond donors (Lipinski definition) is 1. The fourth-order valence-corrected chi connectivity index (χ4v) is 3.03. The third kappa shape index (κ3) is 3.82. The van der Waals surface area contributed by atoms with Gasteiger partial charge in [0.05, 0.1) is 12.6 Å². The van der Waals surface area contributed by atoms with Crippen molar-refractivity contribution >= 4 is 17.5 Å². The number of amides is 2. The van der Waals surface area contributed by atoms with Gasteiger partial charge in [0.1, 0.15) is 5.75 Å². The molecular weight excluding hydrogens is 316 g/mol. The van der Waals surface area contributed by atoms with Gasteiger partial charge < -0.3 is 15.0 Å². The van der Waals surface area contributed by atoms with E-state index in [9.17, 15) is 9.59 Å². The molecule has 0 radical (unpaired) electrons. The summed E-state index contributed by atoms with van der Waals surface area (Å²) >= 11 is 0. The first-order chi connectivity index (χ1) is 12.1. The Bertz CT molecular complexity index is 771. The summed E-state index contributed by atoms with van der Waals surface area (Å²) in [4.78, 5) is 26.5. The van der Waals surface area contributed by atoms with Crippen LogP contribution >= 0.6 is 0 Å². The third-order valence-electron chi connectivity index (χ3n) is 4.31. The smallest absolute Gasteiger partial charge is 0.251 e. The van der Waals surface area contributed by atoms with Crippen molar-refractivity contribution in [2.45, 2.75) is 26.3 Å². The molecule has 2 aromatic carbocycles. The molecule has 1 aliphatic rings. The van der Waals surface area contributed by atoms with Gasteiger partial charge in [0, 0.05) is 24.2 Å². The number of rotatable bonds is 5. The summed E-state index contributed by atoms with van der Waals surface area (Å²) in [6, 6.07) is 14.7. The zero-order valence-corrected chi connectivity index (χ0v) is 14.5. The van der Waals surface area contributed by atoms with Gasteiger partial charge in [-0.3, -0.25) is 9.59 Å². The Kier molecular flexibility index (Phi) is 5.03. The minimum Gasteiger partial charge on any atom is -0.494 e. The van der Waals surface area contributed by atoms with Crippen LogP contribution in [0, 0.1) is 6.92 Å². The third-order valence-corrected chi connectivity index (χ3v) is 4.31. The molecule has 2 aromatic rings. The molecule has 0 bridgehead atoms. The van der Waals surface area contributed by atoms with E-state index >= 15 is 0 Å². The minimum absolute atomic E-state index is 0.0132. The van der Waals surface area contributed by atoms with Crippen LogP contribution in [-0.2, 0) is 4.79 Å². The van der Waals surface area contributed by atoms with E-state index in [0.29, 0.717) is 25.1 Å². The fraction of sp³-hybridized carbons (Fsp3) is 0.300. The molecule has 5 heteroatoms. The first-order valence-electron chi connectivity index (χ1n) is 8.48.